The fourth-order valence-corrected chi connectivity index (χ4v) is 2.98. The van der Waals surface area contributed by atoms with Crippen molar-refractivity contribution in [1.82, 2.24) is 0 Å². The van der Waals surface area contributed by atoms with Crippen molar-refractivity contribution in [2.75, 3.05) is 0 Å². The average molecular weight is 267 g/mol. The van der Waals surface area contributed by atoms with Gasteiger partial charge in [-0.3, -0.25) is 0 Å². The molecule has 0 fully saturated rings. The molecular weight excluding hydrogens is 252 g/mol. The Kier molecular flexibility index (Phi) is 2.86. The van der Waals surface area contributed by atoms with Gasteiger partial charge in [-0.15, -0.1) is 46.8 Å². The zero-order chi connectivity index (χ0) is 14.1. The molecule has 0 heterocycles. The van der Waals surface area contributed by atoms with Crippen LogP contribution in [0.1, 0.15) is 0 Å². The summed E-state index contributed by atoms with van der Waals surface area (Å²) < 4.78 is 0. The summed E-state index contributed by atoms with van der Waals surface area (Å²) in [5, 5.41) is 2.62. The summed E-state index contributed by atoms with van der Waals surface area (Å²) in [6, 6.07) is 32.2. The van der Waals surface area contributed by atoms with Gasteiger partial charge in [0.1, 0.15) is 0 Å². The highest BCUT2D eigenvalue weighted by Gasteiger charge is 2.06. The Morgan fingerprint density at radius 2 is 1.19 bits per heavy atom. The van der Waals surface area contributed by atoms with E-state index in [1.165, 1.54) is 33.0 Å². The van der Waals surface area contributed by atoms with Crippen molar-refractivity contribution in [2.45, 2.75) is 0 Å². The standard InChI is InChI=1S/C21H15/c1-3-9-16(10-4-1)20-15-18-13-7-8-14-19(18)21(20)17-11-5-2-6-12-17/h1-15H/q-1. The van der Waals surface area contributed by atoms with E-state index in [4.69, 9.17) is 0 Å². The van der Waals surface area contributed by atoms with E-state index in [9.17, 15) is 0 Å². The minimum Gasteiger partial charge on any atom is -0.129 e. The minimum atomic E-state index is 1.27. The molecule has 0 aliphatic carbocycles. The zero-order valence-corrected chi connectivity index (χ0v) is 11.7. The molecule has 0 saturated carbocycles. The Hall–Kier alpha value is -2.73. The molecule has 0 nitrogen and oxygen atoms in total. The van der Waals surface area contributed by atoms with E-state index in [-0.39, 0.29) is 0 Å². The summed E-state index contributed by atoms with van der Waals surface area (Å²) in [6.07, 6.45) is 0. The van der Waals surface area contributed by atoms with Crippen LogP contribution in [-0.4, -0.2) is 0 Å². The van der Waals surface area contributed by atoms with E-state index in [1.54, 1.807) is 0 Å². The molecular formula is C21H15-. The number of hydrogen-bond acceptors (Lipinski definition) is 0. The van der Waals surface area contributed by atoms with Gasteiger partial charge in [0.05, 0.1) is 0 Å². The minimum absolute atomic E-state index is 1.27. The van der Waals surface area contributed by atoms with Crippen molar-refractivity contribution in [3.05, 3.63) is 91.0 Å². The van der Waals surface area contributed by atoms with Gasteiger partial charge >= 0.3 is 0 Å². The van der Waals surface area contributed by atoms with Gasteiger partial charge in [-0.1, -0.05) is 77.2 Å². The van der Waals surface area contributed by atoms with Gasteiger partial charge in [-0.05, 0) is 0 Å². The maximum atomic E-state index is 2.30. The van der Waals surface area contributed by atoms with Crippen LogP contribution in [0.3, 0.4) is 0 Å². The van der Waals surface area contributed by atoms with Crippen molar-refractivity contribution < 1.29 is 0 Å². The van der Waals surface area contributed by atoms with E-state index >= 15 is 0 Å². The topological polar surface area (TPSA) is 0 Å². The van der Waals surface area contributed by atoms with E-state index in [0.717, 1.165) is 0 Å². The molecule has 100 valence electrons. The molecule has 0 atom stereocenters. The highest BCUT2D eigenvalue weighted by Crippen LogP contribution is 2.40. The average Bonchev–Trinajstić information content (AvgIpc) is 2.96. The molecule has 0 N–H and O–H groups in total. The molecule has 0 saturated heterocycles. The Labute approximate surface area is 124 Å². The first-order valence-corrected chi connectivity index (χ1v) is 7.23. The lowest BCUT2D eigenvalue weighted by Crippen LogP contribution is -1.80. The molecule has 0 aliphatic rings. The predicted octanol–water partition coefficient (Wildman–Crippen LogP) is 5.89. The molecule has 0 aliphatic heterocycles. The maximum absolute atomic E-state index is 2.30. The molecule has 4 aromatic carbocycles. The van der Waals surface area contributed by atoms with Crippen LogP contribution >= 0.6 is 0 Å². The van der Waals surface area contributed by atoms with Gasteiger partial charge in [0, 0.05) is 0 Å². The van der Waals surface area contributed by atoms with Crippen LogP contribution < -0.4 is 0 Å². The van der Waals surface area contributed by atoms with Crippen LogP contribution in [0.15, 0.2) is 91.0 Å². The van der Waals surface area contributed by atoms with Crippen LogP contribution in [0.2, 0.25) is 0 Å². The fourth-order valence-electron chi connectivity index (χ4n) is 2.98. The maximum Gasteiger partial charge on any atom is -0.0581 e. The fraction of sp³-hybridized carbons (Fsp3) is 0. The van der Waals surface area contributed by atoms with Crippen LogP contribution in [0.5, 0.6) is 0 Å². The van der Waals surface area contributed by atoms with Crippen molar-refractivity contribution in [2.24, 2.45) is 0 Å². The third kappa shape index (κ3) is 2.05. The van der Waals surface area contributed by atoms with Crippen molar-refractivity contribution >= 4 is 10.8 Å². The van der Waals surface area contributed by atoms with Gasteiger partial charge in [0.25, 0.3) is 0 Å². The van der Waals surface area contributed by atoms with Crippen molar-refractivity contribution in [1.29, 1.82) is 0 Å². The normalized spacial score (nSPS) is 10.9. The number of hydrogen-bond donors (Lipinski definition) is 0. The Morgan fingerprint density at radius 3 is 1.90 bits per heavy atom. The zero-order valence-electron chi connectivity index (χ0n) is 11.7. The number of fused-ring (bicyclic) bond motifs is 1. The van der Waals surface area contributed by atoms with E-state index in [1.807, 2.05) is 0 Å². The summed E-state index contributed by atoms with van der Waals surface area (Å²) in [5.74, 6) is 0. The lowest BCUT2D eigenvalue weighted by molar-refractivity contribution is 1.64. The quantitative estimate of drug-likeness (QED) is 0.397. The molecule has 21 heavy (non-hydrogen) atoms. The molecule has 0 spiro atoms. The molecule has 0 amide bonds. The third-order valence-electron chi connectivity index (χ3n) is 3.95. The van der Waals surface area contributed by atoms with Crippen LogP contribution in [-0.2, 0) is 0 Å². The van der Waals surface area contributed by atoms with Crippen LogP contribution in [0.4, 0.5) is 0 Å². The first-order valence-electron chi connectivity index (χ1n) is 7.23. The SMILES string of the molecule is c1ccc(-c2c[c-]3ccccc3c2-c2ccccc2)cc1. The van der Waals surface area contributed by atoms with E-state index in [0.29, 0.717) is 0 Å². The van der Waals surface area contributed by atoms with Gasteiger partial charge < -0.3 is 0 Å². The molecule has 0 unspecified atom stereocenters. The molecule has 0 aromatic heterocycles. The summed E-state index contributed by atoms with van der Waals surface area (Å²) >= 11 is 0. The molecule has 0 radical (unpaired) electrons. The third-order valence-corrected chi connectivity index (χ3v) is 3.95. The predicted molar refractivity (Wildman–Crippen MR) is 90.4 cm³/mol. The summed E-state index contributed by atoms with van der Waals surface area (Å²) in [4.78, 5) is 0. The van der Waals surface area contributed by atoms with Gasteiger partial charge in [0.2, 0.25) is 0 Å². The first kappa shape index (κ1) is 12.0. The van der Waals surface area contributed by atoms with Crippen LogP contribution in [0.25, 0.3) is 33.0 Å². The van der Waals surface area contributed by atoms with Gasteiger partial charge in [-0.2, -0.15) is 0 Å². The Bertz CT molecular complexity index is 868. The summed E-state index contributed by atoms with van der Waals surface area (Å²) in [7, 11) is 0. The molecule has 4 aromatic rings. The molecule has 0 heteroatoms. The smallest absolute Gasteiger partial charge is 0.0581 e. The van der Waals surface area contributed by atoms with Crippen molar-refractivity contribution in [3.63, 3.8) is 0 Å². The van der Waals surface area contributed by atoms with Crippen LogP contribution in [0, 0.1) is 0 Å². The largest absolute Gasteiger partial charge is 0.129 e. The lowest BCUT2D eigenvalue weighted by atomic mass is 9.97. The number of rotatable bonds is 2. The lowest BCUT2D eigenvalue weighted by Gasteiger charge is -2.12. The second-order valence-corrected chi connectivity index (χ2v) is 5.25. The van der Waals surface area contributed by atoms with Gasteiger partial charge in [-0.25, -0.2) is 0 Å². The van der Waals surface area contributed by atoms with Gasteiger partial charge in [0.15, 0.2) is 0 Å². The second-order valence-electron chi connectivity index (χ2n) is 5.25. The highest BCUT2D eigenvalue weighted by atomic mass is 14.2. The van der Waals surface area contributed by atoms with Crippen molar-refractivity contribution in [3.8, 4) is 22.3 Å². The second kappa shape index (κ2) is 4.99. The Morgan fingerprint density at radius 1 is 0.571 bits per heavy atom. The molecule has 0 bridgehead atoms. The molecule has 4 rings (SSSR count). The Balaban J connectivity index is 2.07. The first-order chi connectivity index (χ1) is 10.4. The summed E-state index contributed by atoms with van der Waals surface area (Å²) in [6.45, 7) is 0. The van der Waals surface area contributed by atoms with E-state index < -0.39 is 0 Å². The monoisotopic (exact) mass is 267 g/mol. The summed E-state index contributed by atoms with van der Waals surface area (Å²) in [5.41, 5.74) is 5.19. The number of benzene rings is 3. The highest BCUT2D eigenvalue weighted by molar-refractivity contribution is 6.07. The van der Waals surface area contributed by atoms with E-state index in [2.05, 4.69) is 91.0 Å².